The largest absolute Gasteiger partial charge is 0.376 e. The first kappa shape index (κ1) is 28.8. The molecule has 4 rings (SSSR count). The van der Waals surface area contributed by atoms with Crippen molar-refractivity contribution in [2.24, 2.45) is 0 Å². The van der Waals surface area contributed by atoms with Gasteiger partial charge < -0.3 is 19.7 Å². The van der Waals surface area contributed by atoms with Crippen molar-refractivity contribution in [2.75, 3.05) is 26.3 Å². The molecule has 1 saturated heterocycles. The minimum absolute atomic E-state index is 0.0102. The van der Waals surface area contributed by atoms with Crippen LogP contribution in [0.5, 0.6) is 0 Å². The molecule has 2 heterocycles. The van der Waals surface area contributed by atoms with Crippen molar-refractivity contribution in [1.82, 2.24) is 20.0 Å². The van der Waals surface area contributed by atoms with Crippen LogP contribution >= 0.6 is 0 Å². The van der Waals surface area contributed by atoms with Crippen molar-refractivity contribution in [2.45, 2.75) is 102 Å². The second-order valence-electron chi connectivity index (χ2n) is 12.2. The fraction of sp³-hybridized carbons (Fsp3) is 0.667. The van der Waals surface area contributed by atoms with Gasteiger partial charge in [0.15, 0.2) is 0 Å². The van der Waals surface area contributed by atoms with Crippen LogP contribution in [0.2, 0.25) is 25.7 Å². The molecule has 1 aromatic carbocycles. The predicted octanol–water partition coefficient (Wildman–Crippen LogP) is 6.22. The van der Waals surface area contributed by atoms with Gasteiger partial charge in [0.05, 0.1) is 18.8 Å². The summed E-state index contributed by atoms with van der Waals surface area (Å²) in [5, 5.41) is 7.63. The van der Waals surface area contributed by atoms with E-state index >= 15 is 0 Å². The van der Waals surface area contributed by atoms with Crippen LogP contribution < -0.4 is 5.32 Å². The minimum atomic E-state index is -1.14. The van der Waals surface area contributed by atoms with E-state index in [0.717, 1.165) is 63.4 Å². The highest BCUT2D eigenvalue weighted by Gasteiger charge is 2.38. The maximum Gasteiger partial charge on any atom is 0.317 e. The SMILES string of the molecule is CCNC(=O)N1CCC[C@H](c2ccnn2COCC[Si](C)(C)C)[C@@H]1CO[C@H]1CC[C@@H](c2ccccc2)CC1. The number of carbonyl (C=O) groups is 1. The third-order valence-electron chi connectivity index (χ3n) is 8.15. The molecule has 210 valence electrons. The van der Waals surface area contributed by atoms with Gasteiger partial charge in [0.2, 0.25) is 0 Å². The van der Waals surface area contributed by atoms with E-state index in [2.05, 4.69) is 66.5 Å². The van der Waals surface area contributed by atoms with Crippen LogP contribution in [-0.4, -0.2) is 67.2 Å². The van der Waals surface area contributed by atoms with Crippen LogP contribution in [0.15, 0.2) is 42.6 Å². The summed E-state index contributed by atoms with van der Waals surface area (Å²) in [5.41, 5.74) is 2.59. The molecule has 2 aliphatic rings. The Morgan fingerprint density at radius 1 is 1.08 bits per heavy atom. The molecule has 0 radical (unpaired) electrons. The lowest BCUT2D eigenvalue weighted by molar-refractivity contribution is -0.0183. The summed E-state index contributed by atoms with van der Waals surface area (Å²) in [6, 6.07) is 14.1. The Labute approximate surface area is 230 Å². The smallest absolute Gasteiger partial charge is 0.317 e. The topological polar surface area (TPSA) is 68.6 Å². The van der Waals surface area contributed by atoms with E-state index in [4.69, 9.17) is 9.47 Å². The summed E-state index contributed by atoms with van der Waals surface area (Å²) in [5.74, 6) is 0.802. The Kier molecular flexibility index (Phi) is 10.4. The van der Waals surface area contributed by atoms with Crippen molar-refractivity contribution >= 4 is 14.1 Å². The van der Waals surface area contributed by atoms with E-state index in [-0.39, 0.29) is 24.1 Å². The highest BCUT2D eigenvalue weighted by atomic mass is 28.3. The summed E-state index contributed by atoms with van der Waals surface area (Å²) in [4.78, 5) is 15.1. The van der Waals surface area contributed by atoms with Crippen LogP contribution in [0.3, 0.4) is 0 Å². The Bertz CT molecular complexity index is 985. The number of urea groups is 1. The van der Waals surface area contributed by atoms with Gasteiger partial charge in [-0.3, -0.25) is 0 Å². The van der Waals surface area contributed by atoms with Crippen molar-refractivity contribution in [3.05, 3.63) is 53.9 Å². The molecule has 1 saturated carbocycles. The molecule has 2 atom stereocenters. The van der Waals surface area contributed by atoms with Crippen LogP contribution in [0.4, 0.5) is 4.79 Å². The van der Waals surface area contributed by atoms with E-state index < -0.39 is 8.07 Å². The maximum absolute atomic E-state index is 13.1. The normalized spacial score (nSPS) is 24.4. The van der Waals surface area contributed by atoms with Gasteiger partial charge in [-0.2, -0.15) is 5.10 Å². The van der Waals surface area contributed by atoms with E-state index in [9.17, 15) is 4.79 Å². The summed E-state index contributed by atoms with van der Waals surface area (Å²) in [6.07, 6.45) is 8.57. The second-order valence-corrected chi connectivity index (χ2v) is 17.8. The molecule has 2 fully saturated rings. The van der Waals surface area contributed by atoms with Crippen molar-refractivity contribution in [3.63, 3.8) is 0 Å². The molecular weight excluding hydrogens is 492 g/mol. The van der Waals surface area contributed by atoms with Gasteiger partial charge in [0, 0.05) is 45.6 Å². The Morgan fingerprint density at radius 2 is 1.84 bits per heavy atom. The van der Waals surface area contributed by atoms with Crippen molar-refractivity contribution in [3.8, 4) is 0 Å². The summed E-state index contributed by atoms with van der Waals surface area (Å²) in [6.45, 7) is 12.3. The van der Waals surface area contributed by atoms with Gasteiger partial charge in [0.1, 0.15) is 6.73 Å². The highest BCUT2D eigenvalue weighted by Crippen LogP contribution is 2.36. The Balaban J connectivity index is 1.40. The van der Waals surface area contributed by atoms with E-state index in [0.29, 0.717) is 25.8 Å². The maximum atomic E-state index is 13.1. The summed E-state index contributed by atoms with van der Waals surface area (Å²) < 4.78 is 14.6. The van der Waals surface area contributed by atoms with Crippen molar-refractivity contribution < 1.29 is 14.3 Å². The van der Waals surface area contributed by atoms with Crippen LogP contribution in [0, 0.1) is 0 Å². The number of ether oxygens (including phenoxy) is 2. The lowest BCUT2D eigenvalue weighted by Crippen LogP contribution is -2.54. The fourth-order valence-corrected chi connectivity index (χ4v) is 6.69. The van der Waals surface area contributed by atoms with Gasteiger partial charge in [-0.05, 0) is 69.0 Å². The monoisotopic (exact) mass is 540 g/mol. The molecule has 1 N–H and O–H groups in total. The standard InChI is InChI=1S/C30H48N4O3Si/c1-5-31-30(35)33-19-9-12-27(28-17-18-32-34(28)23-36-20-21-38(2,3)4)29(33)22-37-26-15-13-25(14-16-26)24-10-7-6-8-11-24/h6-8,10-11,17-18,25-27,29H,5,9,12-16,19-23H2,1-4H3,(H,31,35)/t25-,26+,27-,29+/m1/s1. The molecule has 0 unspecified atom stereocenters. The first-order valence-corrected chi connectivity index (χ1v) is 18.4. The molecule has 38 heavy (non-hydrogen) atoms. The molecule has 1 aliphatic carbocycles. The number of piperidine rings is 1. The fourth-order valence-electron chi connectivity index (χ4n) is 5.93. The number of nitrogens with one attached hydrogen (secondary N) is 1. The molecule has 2 amide bonds. The number of amides is 2. The zero-order valence-electron chi connectivity index (χ0n) is 23.9. The Morgan fingerprint density at radius 3 is 2.55 bits per heavy atom. The van der Waals surface area contributed by atoms with E-state index in [1.54, 1.807) is 0 Å². The molecule has 7 nitrogen and oxygen atoms in total. The number of benzene rings is 1. The van der Waals surface area contributed by atoms with Crippen molar-refractivity contribution in [1.29, 1.82) is 0 Å². The molecule has 1 aromatic heterocycles. The van der Waals surface area contributed by atoms with Crippen LogP contribution in [0.25, 0.3) is 0 Å². The van der Waals surface area contributed by atoms with Crippen LogP contribution in [-0.2, 0) is 16.2 Å². The van der Waals surface area contributed by atoms with Gasteiger partial charge >= 0.3 is 6.03 Å². The van der Waals surface area contributed by atoms with Gasteiger partial charge in [-0.1, -0.05) is 50.0 Å². The van der Waals surface area contributed by atoms with E-state index in [1.807, 2.05) is 22.7 Å². The third kappa shape index (κ3) is 7.93. The van der Waals surface area contributed by atoms with Crippen LogP contribution in [0.1, 0.15) is 68.5 Å². The quantitative estimate of drug-likeness (QED) is 0.272. The lowest BCUT2D eigenvalue weighted by Gasteiger charge is -2.42. The predicted molar refractivity (Wildman–Crippen MR) is 155 cm³/mol. The molecule has 2 aromatic rings. The molecule has 8 heteroatoms. The number of rotatable bonds is 11. The number of aromatic nitrogens is 2. The molecule has 0 bridgehead atoms. The number of likely N-dealkylation sites (tertiary alicyclic amines) is 1. The van der Waals surface area contributed by atoms with E-state index in [1.165, 1.54) is 5.56 Å². The summed E-state index contributed by atoms with van der Waals surface area (Å²) in [7, 11) is -1.14. The first-order chi connectivity index (χ1) is 18.4. The highest BCUT2D eigenvalue weighted by molar-refractivity contribution is 6.76. The molecule has 0 spiro atoms. The lowest BCUT2D eigenvalue weighted by atomic mass is 9.82. The van der Waals surface area contributed by atoms with Gasteiger partial charge in [-0.15, -0.1) is 0 Å². The minimum Gasteiger partial charge on any atom is -0.376 e. The third-order valence-corrected chi connectivity index (χ3v) is 9.86. The first-order valence-electron chi connectivity index (χ1n) is 14.7. The molecule has 1 aliphatic heterocycles. The average Bonchev–Trinajstić information content (AvgIpc) is 3.38. The zero-order chi connectivity index (χ0) is 27.0. The summed E-state index contributed by atoms with van der Waals surface area (Å²) >= 11 is 0. The zero-order valence-corrected chi connectivity index (χ0v) is 24.9. The Hall–Kier alpha value is -2.16. The number of hydrogen-bond acceptors (Lipinski definition) is 4. The number of hydrogen-bond donors (Lipinski definition) is 1. The molecular formula is C30H48N4O3Si. The second kappa shape index (κ2) is 13.8. The average molecular weight is 541 g/mol. The number of carbonyl (C=O) groups excluding carboxylic acids is 1. The number of nitrogens with zero attached hydrogens (tertiary/aromatic N) is 3. The van der Waals surface area contributed by atoms with Gasteiger partial charge in [-0.25, -0.2) is 9.48 Å². The van der Waals surface area contributed by atoms with Gasteiger partial charge in [0.25, 0.3) is 0 Å².